The molecule has 1 unspecified atom stereocenters. The van der Waals surface area contributed by atoms with Crippen LogP contribution in [-0.4, -0.2) is 67.8 Å². The average Bonchev–Trinajstić information content (AvgIpc) is 2.55. The number of hydrogen-bond acceptors (Lipinski definition) is 5. The SMILES string of the molecule is CN(C)S(=O)(=O)c1cccc(NC(=O)CN2CCCCC2C(=O)O)c1.Cl. The van der Waals surface area contributed by atoms with Crippen LogP contribution in [0, 0.1) is 0 Å². The predicted octanol–water partition coefficient (Wildman–Crippen LogP) is 1.24. The van der Waals surface area contributed by atoms with Crippen LogP contribution >= 0.6 is 12.4 Å². The zero-order valence-electron chi connectivity index (χ0n) is 14.7. The molecule has 0 saturated carbocycles. The van der Waals surface area contributed by atoms with Gasteiger partial charge in [0.2, 0.25) is 15.9 Å². The van der Waals surface area contributed by atoms with Crippen molar-refractivity contribution in [1.82, 2.24) is 9.21 Å². The fourth-order valence-electron chi connectivity index (χ4n) is 2.79. The molecule has 146 valence electrons. The van der Waals surface area contributed by atoms with E-state index in [4.69, 9.17) is 0 Å². The summed E-state index contributed by atoms with van der Waals surface area (Å²) in [6.07, 6.45) is 2.21. The largest absolute Gasteiger partial charge is 0.480 e. The quantitative estimate of drug-likeness (QED) is 0.737. The first kappa shape index (κ1) is 22.4. The molecule has 2 N–H and O–H groups in total. The summed E-state index contributed by atoms with van der Waals surface area (Å²) in [6.45, 7) is 0.515. The minimum atomic E-state index is -3.59. The van der Waals surface area contributed by atoms with Gasteiger partial charge in [0.15, 0.2) is 0 Å². The summed E-state index contributed by atoms with van der Waals surface area (Å²) in [5.41, 5.74) is 0.358. The molecule has 0 aliphatic carbocycles. The Morgan fingerprint density at radius 3 is 2.62 bits per heavy atom. The highest BCUT2D eigenvalue weighted by Gasteiger charge is 2.29. The number of aliphatic carboxylic acids is 1. The molecular weight excluding hydrogens is 382 g/mol. The second kappa shape index (κ2) is 9.31. The number of carbonyl (C=O) groups is 2. The average molecular weight is 406 g/mol. The third-order valence-corrected chi connectivity index (χ3v) is 5.95. The van der Waals surface area contributed by atoms with Gasteiger partial charge in [0, 0.05) is 19.8 Å². The molecule has 1 heterocycles. The number of nitrogens with zero attached hydrogens (tertiary/aromatic N) is 2. The Balaban J connectivity index is 0.00000338. The van der Waals surface area contributed by atoms with E-state index in [1.54, 1.807) is 17.0 Å². The maximum absolute atomic E-state index is 12.2. The summed E-state index contributed by atoms with van der Waals surface area (Å²) in [6, 6.07) is 5.33. The number of nitrogens with one attached hydrogen (secondary N) is 1. The highest BCUT2D eigenvalue weighted by atomic mass is 35.5. The van der Waals surface area contributed by atoms with Gasteiger partial charge < -0.3 is 10.4 Å². The zero-order chi connectivity index (χ0) is 18.6. The van der Waals surface area contributed by atoms with E-state index in [-0.39, 0.29) is 29.8 Å². The summed E-state index contributed by atoms with van der Waals surface area (Å²) >= 11 is 0. The van der Waals surface area contributed by atoms with Crippen molar-refractivity contribution >= 4 is 40.0 Å². The molecule has 1 aliphatic heterocycles. The zero-order valence-corrected chi connectivity index (χ0v) is 16.3. The van der Waals surface area contributed by atoms with E-state index < -0.39 is 22.0 Å². The van der Waals surface area contributed by atoms with Crippen molar-refractivity contribution in [3.63, 3.8) is 0 Å². The second-order valence-electron chi connectivity index (χ2n) is 6.18. The minimum Gasteiger partial charge on any atom is -0.480 e. The highest BCUT2D eigenvalue weighted by molar-refractivity contribution is 7.89. The van der Waals surface area contributed by atoms with Gasteiger partial charge in [0.25, 0.3) is 0 Å². The molecule has 0 spiro atoms. The lowest BCUT2D eigenvalue weighted by molar-refractivity contribution is -0.145. The molecule has 1 saturated heterocycles. The number of amides is 1. The predicted molar refractivity (Wildman–Crippen MR) is 100 cm³/mol. The minimum absolute atomic E-state index is 0. The fourth-order valence-corrected chi connectivity index (χ4v) is 3.74. The van der Waals surface area contributed by atoms with Crippen LogP contribution in [0.3, 0.4) is 0 Å². The Bertz CT molecular complexity index is 754. The number of carboxylic acids is 1. The van der Waals surface area contributed by atoms with Crippen molar-refractivity contribution in [2.45, 2.75) is 30.2 Å². The van der Waals surface area contributed by atoms with Crippen LogP contribution in [-0.2, 0) is 19.6 Å². The number of piperidine rings is 1. The Morgan fingerprint density at radius 2 is 2.00 bits per heavy atom. The molecule has 8 nitrogen and oxygen atoms in total. The smallest absolute Gasteiger partial charge is 0.320 e. The molecular formula is C16H24ClN3O5S. The summed E-state index contributed by atoms with van der Waals surface area (Å²) in [5, 5.41) is 11.9. The van der Waals surface area contributed by atoms with Gasteiger partial charge in [-0.3, -0.25) is 14.5 Å². The number of rotatable bonds is 6. The summed E-state index contributed by atoms with van der Waals surface area (Å²) in [4.78, 5) is 25.2. The lowest BCUT2D eigenvalue weighted by atomic mass is 10.0. The number of sulfonamides is 1. The maximum atomic E-state index is 12.2. The normalized spacial score (nSPS) is 18.2. The first-order valence-electron chi connectivity index (χ1n) is 8.01. The van der Waals surface area contributed by atoms with E-state index in [0.29, 0.717) is 18.7 Å². The second-order valence-corrected chi connectivity index (χ2v) is 8.34. The van der Waals surface area contributed by atoms with Crippen molar-refractivity contribution in [3.05, 3.63) is 24.3 Å². The molecule has 1 aliphatic rings. The van der Waals surface area contributed by atoms with E-state index in [1.807, 2.05) is 0 Å². The lowest BCUT2D eigenvalue weighted by Gasteiger charge is -2.32. The van der Waals surface area contributed by atoms with Crippen LogP contribution in [0.1, 0.15) is 19.3 Å². The van der Waals surface area contributed by atoms with Crippen molar-refractivity contribution in [2.24, 2.45) is 0 Å². The van der Waals surface area contributed by atoms with Gasteiger partial charge in [0.05, 0.1) is 11.4 Å². The molecule has 1 fully saturated rings. The van der Waals surface area contributed by atoms with E-state index in [0.717, 1.165) is 17.1 Å². The van der Waals surface area contributed by atoms with Crippen LogP contribution in [0.25, 0.3) is 0 Å². The Hall–Kier alpha value is -1.68. The molecule has 0 bridgehead atoms. The van der Waals surface area contributed by atoms with Gasteiger partial charge in [-0.15, -0.1) is 12.4 Å². The van der Waals surface area contributed by atoms with Crippen molar-refractivity contribution in [2.75, 3.05) is 32.5 Å². The number of halogens is 1. The molecule has 1 amide bonds. The van der Waals surface area contributed by atoms with E-state index in [2.05, 4.69) is 5.32 Å². The van der Waals surface area contributed by atoms with E-state index in [9.17, 15) is 23.1 Å². The van der Waals surface area contributed by atoms with Gasteiger partial charge >= 0.3 is 5.97 Å². The van der Waals surface area contributed by atoms with Gasteiger partial charge in [-0.2, -0.15) is 0 Å². The first-order valence-corrected chi connectivity index (χ1v) is 9.45. The molecule has 0 aromatic heterocycles. The molecule has 1 aromatic carbocycles. The third-order valence-electron chi connectivity index (χ3n) is 4.14. The van der Waals surface area contributed by atoms with E-state index in [1.165, 1.54) is 26.2 Å². The molecule has 10 heteroatoms. The van der Waals surface area contributed by atoms with Crippen LogP contribution in [0.4, 0.5) is 5.69 Å². The number of likely N-dealkylation sites (tertiary alicyclic amines) is 1. The number of anilines is 1. The van der Waals surface area contributed by atoms with Crippen molar-refractivity contribution in [1.29, 1.82) is 0 Å². The Kier molecular flexibility index (Phi) is 8.01. The topological polar surface area (TPSA) is 107 Å². The number of carboxylic acid groups (broad SMARTS) is 1. The molecule has 1 atom stereocenters. The van der Waals surface area contributed by atoms with Gasteiger partial charge in [-0.05, 0) is 37.6 Å². The third kappa shape index (κ3) is 5.41. The Labute approximate surface area is 159 Å². The summed E-state index contributed by atoms with van der Waals surface area (Å²) in [5.74, 6) is -1.29. The number of carbonyl (C=O) groups excluding carboxylic acids is 1. The van der Waals surface area contributed by atoms with Gasteiger partial charge in [-0.1, -0.05) is 12.5 Å². The van der Waals surface area contributed by atoms with Crippen LogP contribution in [0.5, 0.6) is 0 Å². The monoisotopic (exact) mass is 405 g/mol. The number of hydrogen-bond donors (Lipinski definition) is 2. The highest BCUT2D eigenvalue weighted by Crippen LogP contribution is 2.19. The van der Waals surface area contributed by atoms with E-state index >= 15 is 0 Å². The van der Waals surface area contributed by atoms with Crippen molar-refractivity contribution in [3.8, 4) is 0 Å². The molecule has 0 radical (unpaired) electrons. The summed E-state index contributed by atoms with van der Waals surface area (Å²) < 4.78 is 25.4. The fraction of sp³-hybridized carbons (Fsp3) is 0.500. The number of benzene rings is 1. The molecule has 1 aromatic rings. The van der Waals surface area contributed by atoms with Crippen molar-refractivity contribution < 1.29 is 23.1 Å². The van der Waals surface area contributed by atoms with Crippen LogP contribution < -0.4 is 5.32 Å². The standard InChI is InChI=1S/C16H23N3O5S.ClH/c1-18(2)25(23,24)13-7-5-6-12(10-13)17-15(20)11-19-9-4-3-8-14(19)16(21)22;/h5-7,10,14H,3-4,8-9,11H2,1-2H3,(H,17,20)(H,21,22);1H. The van der Waals surface area contributed by atoms with Gasteiger partial charge in [-0.25, -0.2) is 12.7 Å². The molecule has 26 heavy (non-hydrogen) atoms. The van der Waals surface area contributed by atoms with Crippen LogP contribution in [0.2, 0.25) is 0 Å². The maximum Gasteiger partial charge on any atom is 0.320 e. The van der Waals surface area contributed by atoms with Crippen LogP contribution in [0.15, 0.2) is 29.2 Å². The Morgan fingerprint density at radius 1 is 1.31 bits per heavy atom. The first-order chi connectivity index (χ1) is 11.7. The summed E-state index contributed by atoms with van der Waals surface area (Å²) in [7, 11) is -0.721. The van der Waals surface area contributed by atoms with Gasteiger partial charge in [0.1, 0.15) is 6.04 Å². The molecule has 2 rings (SSSR count). The lowest BCUT2D eigenvalue weighted by Crippen LogP contribution is -2.47.